The zero-order chi connectivity index (χ0) is 19.4. The largest absolute Gasteiger partial charge is 0.357 e. The summed E-state index contributed by atoms with van der Waals surface area (Å²) in [5, 5.41) is 3.37. The van der Waals surface area contributed by atoms with E-state index in [0.29, 0.717) is 24.9 Å². The molecule has 160 valence electrons. The summed E-state index contributed by atoms with van der Waals surface area (Å²) in [6, 6.07) is 0. The lowest BCUT2D eigenvalue weighted by Gasteiger charge is -2.39. The van der Waals surface area contributed by atoms with Gasteiger partial charge in [0.2, 0.25) is 0 Å². The van der Waals surface area contributed by atoms with E-state index in [2.05, 4.69) is 35.9 Å². The minimum atomic E-state index is -3.03. The van der Waals surface area contributed by atoms with Crippen molar-refractivity contribution in [3.63, 3.8) is 0 Å². The molecule has 0 aromatic rings. The molecule has 0 aromatic heterocycles. The second kappa shape index (κ2) is 10.6. The van der Waals surface area contributed by atoms with Gasteiger partial charge in [-0.1, -0.05) is 13.8 Å². The van der Waals surface area contributed by atoms with Crippen molar-refractivity contribution in [1.29, 1.82) is 0 Å². The van der Waals surface area contributed by atoms with E-state index in [0.717, 1.165) is 25.6 Å². The first-order valence-corrected chi connectivity index (χ1v) is 11.8. The SMILES string of the molecule is CCNC(=NCC1CCCN(CC(C)C)C1)N1CCS(=O)(=O)C(C)(C)C1.I. The summed E-state index contributed by atoms with van der Waals surface area (Å²) in [7, 11) is -3.03. The average Bonchev–Trinajstić information content (AvgIpc) is 2.54. The predicted octanol–water partition coefficient (Wildman–Crippen LogP) is 2.45. The van der Waals surface area contributed by atoms with Crippen LogP contribution in [0.4, 0.5) is 0 Å². The molecule has 2 fully saturated rings. The molecular weight excluding hydrogens is 475 g/mol. The fourth-order valence-electron chi connectivity index (χ4n) is 3.95. The number of likely N-dealkylation sites (tertiary alicyclic amines) is 1. The molecule has 2 aliphatic heterocycles. The molecule has 0 saturated carbocycles. The third-order valence-electron chi connectivity index (χ3n) is 5.40. The first-order valence-electron chi connectivity index (χ1n) is 10.1. The maximum absolute atomic E-state index is 12.3. The highest BCUT2D eigenvalue weighted by Crippen LogP contribution is 2.24. The summed E-state index contributed by atoms with van der Waals surface area (Å²) >= 11 is 0. The Kier molecular flexibility index (Phi) is 9.81. The van der Waals surface area contributed by atoms with Crippen LogP contribution >= 0.6 is 24.0 Å². The monoisotopic (exact) mass is 514 g/mol. The van der Waals surface area contributed by atoms with Crippen LogP contribution in [-0.2, 0) is 9.84 Å². The topological polar surface area (TPSA) is 65.0 Å². The lowest BCUT2D eigenvalue weighted by molar-refractivity contribution is 0.162. The van der Waals surface area contributed by atoms with Crippen LogP contribution in [0.3, 0.4) is 0 Å². The number of hydrogen-bond donors (Lipinski definition) is 1. The summed E-state index contributed by atoms with van der Waals surface area (Å²) in [6.45, 7) is 16.4. The standard InChI is InChI=1S/C19H38N4O2S.HI/c1-6-20-18(23-10-11-26(24,25)19(4,5)15-23)21-12-17-8-7-9-22(14-17)13-16(2)3;/h16-17H,6-15H2,1-5H3,(H,20,21);1H. The highest BCUT2D eigenvalue weighted by molar-refractivity contribution is 14.0. The molecule has 1 unspecified atom stereocenters. The third kappa shape index (κ3) is 7.03. The highest BCUT2D eigenvalue weighted by atomic mass is 127. The molecule has 6 nitrogen and oxygen atoms in total. The van der Waals surface area contributed by atoms with E-state index in [4.69, 9.17) is 4.99 Å². The Morgan fingerprint density at radius 1 is 1.30 bits per heavy atom. The molecule has 1 atom stereocenters. The Morgan fingerprint density at radius 3 is 2.59 bits per heavy atom. The van der Waals surface area contributed by atoms with Crippen LogP contribution in [0.2, 0.25) is 0 Å². The number of guanidine groups is 1. The zero-order valence-electron chi connectivity index (χ0n) is 17.7. The molecule has 1 N–H and O–H groups in total. The molecule has 2 heterocycles. The summed E-state index contributed by atoms with van der Waals surface area (Å²) < 4.78 is 23.8. The number of rotatable bonds is 5. The fourth-order valence-corrected chi connectivity index (χ4v) is 5.31. The molecule has 0 aliphatic carbocycles. The van der Waals surface area contributed by atoms with Crippen molar-refractivity contribution in [1.82, 2.24) is 15.1 Å². The Labute approximate surface area is 183 Å². The molecular formula is C19H39IN4O2S. The Morgan fingerprint density at radius 2 is 2.00 bits per heavy atom. The van der Waals surface area contributed by atoms with Crippen molar-refractivity contribution < 1.29 is 8.42 Å². The zero-order valence-corrected chi connectivity index (χ0v) is 20.8. The average molecular weight is 515 g/mol. The van der Waals surface area contributed by atoms with Gasteiger partial charge in [0.25, 0.3) is 0 Å². The minimum absolute atomic E-state index is 0. The van der Waals surface area contributed by atoms with E-state index in [1.54, 1.807) is 0 Å². The molecule has 2 aliphatic rings. The van der Waals surface area contributed by atoms with Crippen molar-refractivity contribution in [3.8, 4) is 0 Å². The fraction of sp³-hybridized carbons (Fsp3) is 0.947. The Bertz CT molecular complexity index is 593. The molecule has 0 radical (unpaired) electrons. The van der Waals surface area contributed by atoms with Gasteiger partial charge in [-0.05, 0) is 52.0 Å². The molecule has 2 saturated heterocycles. The van der Waals surface area contributed by atoms with Crippen LogP contribution in [0, 0.1) is 11.8 Å². The normalized spacial score (nSPS) is 25.9. The van der Waals surface area contributed by atoms with Crippen LogP contribution in [-0.4, -0.2) is 80.5 Å². The van der Waals surface area contributed by atoms with Gasteiger partial charge in [0, 0.05) is 39.3 Å². The van der Waals surface area contributed by atoms with Crippen molar-refractivity contribution in [2.45, 2.75) is 52.2 Å². The minimum Gasteiger partial charge on any atom is -0.357 e. The van der Waals surface area contributed by atoms with Gasteiger partial charge >= 0.3 is 0 Å². The summed E-state index contributed by atoms with van der Waals surface area (Å²) in [6.07, 6.45) is 2.48. The Hall–Kier alpha value is -0.0900. The highest BCUT2D eigenvalue weighted by Gasteiger charge is 2.41. The van der Waals surface area contributed by atoms with Gasteiger partial charge < -0.3 is 15.1 Å². The summed E-state index contributed by atoms with van der Waals surface area (Å²) in [4.78, 5) is 9.59. The number of nitrogens with one attached hydrogen (secondary N) is 1. The number of hydrogen-bond acceptors (Lipinski definition) is 4. The molecule has 0 bridgehead atoms. The van der Waals surface area contributed by atoms with Crippen molar-refractivity contribution in [2.75, 3.05) is 51.6 Å². The van der Waals surface area contributed by atoms with Gasteiger partial charge in [-0.3, -0.25) is 4.99 Å². The van der Waals surface area contributed by atoms with E-state index < -0.39 is 14.6 Å². The van der Waals surface area contributed by atoms with Crippen LogP contribution in [0.5, 0.6) is 0 Å². The number of sulfone groups is 1. The lowest BCUT2D eigenvalue weighted by Crippen LogP contribution is -2.57. The predicted molar refractivity (Wildman–Crippen MR) is 125 cm³/mol. The van der Waals surface area contributed by atoms with Crippen molar-refractivity contribution in [3.05, 3.63) is 0 Å². The van der Waals surface area contributed by atoms with Gasteiger partial charge in [0.1, 0.15) is 0 Å². The van der Waals surface area contributed by atoms with Crippen LogP contribution in [0.25, 0.3) is 0 Å². The molecule has 0 aromatic carbocycles. The van der Waals surface area contributed by atoms with Crippen LogP contribution < -0.4 is 5.32 Å². The summed E-state index contributed by atoms with van der Waals surface area (Å²) in [5.74, 6) is 2.37. The van der Waals surface area contributed by atoms with Crippen LogP contribution in [0.15, 0.2) is 4.99 Å². The smallest absolute Gasteiger partial charge is 0.194 e. The van der Waals surface area contributed by atoms with E-state index >= 15 is 0 Å². The number of nitrogens with zero attached hydrogens (tertiary/aromatic N) is 3. The van der Waals surface area contributed by atoms with Gasteiger partial charge in [-0.25, -0.2) is 8.42 Å². The molecule has 8 heteroatoms. The quantitative estimate of drug-likeness (QED) is 0.347. The number of aliphatic imine (C=N–C) groups is 1. The second-order valence-corrected chi connectivity index (χ2v) is 11.6. The maximum atomic E-state index is 12.3. The molecule has 2 rings (SSSR count). The lowest BCUT2D eigenvalue weighted by atomic mass is 9.97. The van der Waals surface area contributed by atoms with Gasteiger partial charge in [0.15, 0.2) is 15.8 Å². The number of piperidine rings is 1. The van der Waals surface area contributed by atoms with E-state index in [9.17, 15) is 8.42 Å². The van der Waals surface area contributed by atoms with Crippen molar-refractivity contribution >= 4 is 39.8 Å². The van der Waals surface area contributed by atoms with Gasteiger partial charge in [0.05, 0.1) is 10.5 Å². The maximum Gasteiger partial charge on any atom is 0.194 e. The molecule has 27 heavy (non-hydrogen) atoms. The number of halogens is 1. The first-order chi connectivity index (χ1) is 12.1. The van der Waals surface area contributed by atoms with E-state index in [1.165, 1.54) is 25.9 Å². The Balaban J connectivity index is 0.00000364. The van der Waals surface area contributed by atoms with Crippen molar-refractivity contribution in [2.24, 2.45) is 16.8 Å². The van der Waals surface area contributed by atoms with Gasteiger partial charge in [-0.2, -0.15) is 0 Å². The van der Waals surface area contributed by atoms with E-state index in [-0.39, 0.29) is 29.7 Å². The van der Waals surface area contributed by atoms with E-state index in [1.807, 2.05) is 13.8 Å². The van der Waals surface area contributed by atoms with Crippen LogP contribution in [0.1, 0.15) is 47.5 Å². The first kappa shape index (κ1) is 24.9. The van der Waals surface area contributed by atoms with Gasteiger partial charge in [-0.15, -0.1) is 24.0 Å². The molecule has 0 amide bonds. The second-order valence-electron chi connectivity index (χ2n) is 8.86. The third-order valence-corrected chi connectivity index (χ3v) is 7.94. The molecule has 0 spiro atoms. The summed E-state index contributed by atoms with van der Waals surface area (Å²) in [5.41, 5.74) is 0.